The predicted molar refractivity (Wildman–Crippen MR) is 94.6 cm³/mol. The number of rotatable bonds is 4. The monoisotopic (exact) mass is 415 g/mol. The van der Waals surface area contributed by atoms with Crippen molar-refractivity contribution in [2.75, 3.05) is 6.54 Å². The maximum Gasteiger partial charge on any atom is 0.252 e. The van der Waals surface area contributed by atoms with Crippen molar-refractivity contribution in [3.8, 4) is 0 Å². The van der Waals surface area contributed by atoms with Crippen LogP contribution in [-0.2, 0) is 0 Å². The van der Waals surface area contributed by atoms with Crippen molar-refractivity contribution in [3.05, 3.63) is 19.9 Å². The van der Waals surface area contributed by atoms with Crippen LogP contribution in [0.5, 0.6) is 0 Å². The molecule has 0 spiro atoms. The second kappa shape index (κ2) is 5.52. The fourth-order valence-corrected chi connectivity index (χ4v) is 6.90. The molecule has 4 fully saturated rings. The lowest BCUT2D eigenvalue weighted by atomic mass is 9.49. The second-order valence-corrected chi connectivity index (χ2v) is 10.4. The molecule has 0 radical (unpaired) electrons. The number of halogens is 1. The van der Waals surface area contributed by atoms with Gasteiger partial charge in [-0.15, -0.1) is 11.3 Å². The molecule has 1 amide bonds. The van der Waals surface area contributed by atoms with Gasteiger partial charge in [0.1, 0.15) is 0 Å². The molecule has 114 valence electrons. The average Bonchev–Trinajstić information content (AvgIpc) is 2.83. The third-order valence-electron chi connectivity index (χ3n) is 5.94. The predicted octanol–water partition coefficient (Wildman–Crippen LogP) is 4.69. The van der Waals surface area contributed by atoms with E-state index in [1.807, 2.05) is 11.4 Å². The molecule has 0 saturated heterocycles. The number of thiophene rings is 1. The summed E-state index contributed by atoms with van der Waals surface area (Å²) < 4.78 is 1.18. The largest absolute Gasteiger partial charge is 0.352 e. The minimum Gasteiger partial charge on any atom is -0.352 e. The van der Waals surface area contributed by atoms with Gasteiger partial charge in [0.2, 0.25) is 0 Å². The molecule has 1 N–H and O–H groups in total. The molecule has 4 saturated carbocycles. The zero-order valence-corrected chi connectivity index (χ0v) is 15.2. The summed E-state index contributed by atoms with van der Waals surface area (Å²) in [5.41, 5.74) is 1.40. The summed E-state index contributed by atoms with van der Waals surface area (Å²) in [6.45, 7) is 0.859. The van der Waals surface area contributed by atoms with Crippen LogP contribution >= 0.6 is 33.9 Å². The summed E-state index contributed by atoms with van der Waals surface area (Å²) in [5.74, 6) is 3.13. The molecular weight excluding hydrogens is 393 g/mol. The summed E-state index contributed by atoms with van der Waals surface area (Å²) in [6.07, 6.45) is 10.0. The number of nitrogens with one attached hydrogen (secondary N) is 1. The van der Waals surface area contributed by atoms with Crippen molar-refractivity contribution in [3.63, 3.8) is 0 Å². The Kier molecular flexibility index (Phi) is 3.81. The highest BCUT2D eigenvalue weighted by Crippen LogP contribution is 2.61. The first-order chi connectivity index (χ1) is 10.1. The molecule has 0 atom stereocenters. The normalized spacial score (nSPS) is 36.9. The number of carbonyl (C=O) groups excluding carboxylic acids is 1. The van der Waals surface area contributed by atoms with E-state index in [1.54, 1.807) is 11.3 Å². The van der Waals surface area contributed by atoms with E-state index < -0.39 is 0 Å². The Morgan fingerprint density at radius 3 is 2.38 bits per heavy atom. The number of hydrogen-bond acceptors (Lipinski definition) is 2. The molecule has 1 heterocycles. The second-order valence-electron chi connectivity index (χ2n) is 7.56. The van der Waals surface area contributed by atoms with E-state index in [2.05, 4.69) is 27.9 Å². The summed E-state index contributed by atoms with van der Waals surface area (Å²) in [6, 6.07) is 1.98. The van der Waals surface area contributed by atoms with Crippen LogP contribution in [0, 0.1) is 26.1 Å². The summed E-state index contributed by atoms with van der Waals surface area (Å²) in [4.78, 5) is 12.1. The van der Waals surface area contributed by atoms with Crippen LogP contribution in [0.3, 0.4) is 0 Å². The maximum absolute atomic E-state index is 12.1. The van der Waals surface area contributed by atoms with Crippen molar-refractivity contribution < 1.29 is 4.79 Å². The fraction of sp³-hybridized carbons (Fsp3) is 0.706. The molecule has 0 aromatic carbocycles. The van der Waals surface area contributed by atoms with E-state index in [1.165, 1.54) is 47.8 Å². The van der Waals surface area contributed by atoms with Gasteiger partial charge in [0.25, 0.3) is 5.91 Å². The van der Waals surface area contributed by atoms with Crippen molar-refractivity contribution in [2.24, 2.45) is 23.2 Å². The standard InChI is InChI=1S/C17H22INOS/c18-15-6-14(10-21-15)16(20)19-2-1-17-7-11-3-12(8-17)5-13(4-11)9-17/h6,10-13H,1-5,7-9H2,(H,19,20). The Labute approximate surface area is 144 Å². The van der Waals surface area contributed by atoms with Gasteiger partial charge in [-0.1, -0.05) is 0 Å². The van der Waals surface area contributed by atoms with E-state index in [-0.39, 0.29) is 5.91 Å². The van der Waals surface area contributed by atoms with Crippen LogP contribution in [0.25, 0.3) is 0 Å². The zero-order valence-electron chi connectivity index (χ0n) is 12.2. The Morgan fingerprint density at radius 1 is 1.24 bits per heavy atom. The lowest BCUT2D eigenvalue weighted by Crippen LogP contribution is -2.47. The van der Waals surface area contributed by atoms with E-state index in [9.17, 15) is 4.79 Å². The van der Waals surface area contributed by atoms with E-state index in [0.717, 1.165) is 29.9 Å². The highest BCUT2D eigenvalue weighted by molar-refractivity contribution is 14.1. The molecule has 0 unspecified atom stereocenters. The molecule has 1 aromatic heterocycles. The zero-order chi connectivity index (χ0) is 14.4. The van der Waals surface area contributed by atoms with Gasteiger partial charge in [-0.3, -0.25) is 4.79 Å². The molecule has 21 heavy (non-hydrogen) atoms. The maximum atomic E-state index is 12.1. The molecule has 5 rings (SSSR count). The first kappa shape index (κ1) is 14.5. The highest BCUT2D eigenvalue weighted by Gasteiger charge is 2.50. The molecule has 0 aliphatic heterocycles. The van der Waals surface area contributed by atoms with Crippen molar-refractivity contribution in [1.29, 1.82) is 0 Å². The van der Waals surface area contributed by atoms with Gasteiger partial charge in [-0.05, 0) is 96.8 Å². The van der Waals surface area contributed by atoms with E-state index in [4.69, 9.17) is 0 Å². The van der Waals surface area contributed by atoms with Crippen molar-refractivity contribution >= 4 is 39.8 Å². The fourth-order valence-electron chi connectivity index (χ4n) is 5.57. The van der Waals surface area contributed by atoms with Crippen LogP contribution in [0.4, 0.5) is 0 Å². The van der Waals surface area contributed by atoms with E-state index >= 15 is 0 Å². The number of amides is 1. The molecule has 4 heteroatoms. The van der Waals surface area contributed by atoms with Crippen LogP contribution in [-0.4, -0.2) is 12.5 Å². The third-order valence-corrected chi connectivity index (χ3v) is 7.72. The quantitative estimate of drug-likeness (QED) is 0.711. The SMILES string of the molecule is O=C(NCCC12CC3CC(CC(C3)C1)C2)c1csc(I)c1. The van der Waals surface area contributed by atoms with Crippen molar-refractivity contribution in [2.45, 2.75) is 44.9 Å². The molecule has 4 aliphatic carbocycles. The van der Waals surface area contributed by atoms with Gasteiger partial charge in [-0.2, -0.15) is 0 Å². The summed E-state index contributed by atoms with van der Waals surface area (Å²) in [7, 11) is 0. The average molecular weight is 415 g/mol. The smallest absolute Gasteiger partial charge is 0.252 e. The van der Waals surface area contributed by atoms with Gasteiger partial charge >= 0.3 is 0 Å². The topological polar surface area (TPSA) is 29.1 Å². The minimum absolute atomic E-state index is 0.110. The van der Waals surface area contributed by atoms with Crippen molar-refractivity contribution in [1.82, 2.24) is 5.32 Å². The molecule has 1 aromatic rings. The Morgan fingerprint density at radius 2 is 1.86 bits per heavy atom. The molecule has 4 bridgehead atoms. The first-order valence-corrected chi connectivity index (χ1v) is 10.1. The number of hydrogen-bond donors (Lipinski definition) is 1. The summed E-state index contributed by atoms with van der Waals surface area (Å²) in [5, 5.41) is 5.11. The lowest BCUT2D eigenvalue weighted by Gasteiger charge is -2.57. The minimum atomic E-state index is 0.110. The van der Waals surface area contributed by atoms with Crippen LogP contribution in [0.2, 0.25) is 0 Å². The third kappa shape index (κ3) is 2.90. The lowest BCUT2D eigenvalue weighted by molar-refractivity contribution is -0.0564. The molecule has 4 aliphatic rings. The summed E-state index contributed by atoms with van der Waals surface area (Å²) >= 11 is 3.91. The first-order valence-electron chi connectivity index (χ1n) is 8.14. The molecular formula is C17H22INOS. The van der Waals surface area contributed by atoms with Gasteiger partial charge in [0, 0.05) is 11.9 Å². The van der Waals surface area contributed by atoms with Crippen LogP contribution in [0.1, 0.15) is 55.3 Å². The van der Waals surface area contributed by atoms with Gasteiger partial charge in [0.05, 0.1) is 8.45 Å². The van der Waals surface area contributed by atoms with E-state index in [0.29, 0.717) is 5.41 Å². The van der Waals surface area contributed by atoms with Gasteiger partial charge in [-0.25, -0.2) is 0 Å². The Balaban J connectivity index is 1.34. The van der Waals surface area contributed by atoms with Crippen LogP contribution in [0.15, 0.2) is 11.4 Å². The highest BCUT2D eigenvalue weighted by atomic mass is 127. The Bertz CT molecular complexity index is 517. The molecule has 2 nitrogen and oxygen atoms in total. The Hall–Kier alpha value is -0.100. The van der Waals surface area contributed by atoms with Gasteiger partial charge in [0.15, 0.2) is 0 Å². The van der Waals surface area contributed by atoms with Crippen LogP contribution < -0.4 is 5.32 Å². The number of carbonyl (C=O) groups is 1. The van der Waals surface area contributed by atoms with Gasteiger partial charge < -0.3 is 5.32 Å².